The van der Waals surface area contributed by atoms with E-state index in [2.05, 4.69) is 10.4 Å². The Labute approximate surface area is 170 Å². The lowest BCUT2D eigenvalue weighted by Gasteiger charge is -2.25. The minimum absolute atomic E-state index is 0.173. The van der Waals surface area contributed by atoms with E-state index < -0.39 is 23.3 Å². The number of nitrogens with one attached hydrogen (secondary N) is 1. The number of fused-ring (bicyclic) bond motifs is 1. The first-order valence-corrected chi connectivity index (χ1v) is 9.49. The fourth-order valence-electron chi connectivity index (χ4n) is 3.65. The first kappa shape index (κ1) is 19.5. The van der Waals surface area contributed by atoms with E-state index in [1.54, 1.807) is 0 Å². The van der Waals surface area contributed by atoms with Crippen molar-refractivity contribution < 1.29 is 18.0 Å². The van der Waals surface area contributed by atoms with E-state index in [9.17, 15) is 18.0 Å². The molecule has 8 heteroatoms. The van der Waals surface area contributed by atoms with E-state index >= 15 is 0 Å². The maximum atomic E-state index is 13.8. The predicted molar refractivity (Wildman–Crippen MR) is 103 cm³/mol. The quantitative estimate of drug-likeness (QED) is 0.661. The van der Waals surface area contributed by atoms with E-state index in [1.165, 1.54) is 29.8 Å². The van der Waals surface area contributed by atoms with E-state index in [0.29, 0.717) is 17.9 Å². The van der Waals surface area contributed by atoms with Crippen molar-refractivity contribution in [2.75, 3.05) is 0 Å². The van der Waals surface area contributed by atoms with Gasteiger partial charge in [-0.2, -0.15) is 18.3 Å². The van der Waals surface area contributed by atoms with Crippen molar-refractivity contribution in [1.29, 1.82) is 0 Å². The molecule has 1 atom stereocenters. The number of halogens is 4. The Kier molecular flexibility index (Phi) is 5.08. The first-order chi connectivity index (χ1) is 13.8. The topological polar surface area (TPSA) is 46.9 Å². The van der Waals surface area contributed by atoms with Crippen molar-refractivity contribution in [3.63, 3.8) is 0 Å². The summed E-state index contributed by atoms with van der Waals surface area (Å²) >= 11 is 5.81. The molecule has 0 radical (unpaired) electrons. The van der Waals surface area contributed by atoms with Gasteiger partial charge in [0.15, 0.2) is 5.69 Å². The van der Waals surface area contributed by atoms with Crippen LogP contribution in [0.3, 0.4) is 0 Å². The number of benzene rings is 2. The Bertz CT molecular complexity index is 1040. The van der Waals surface area contributed by atoms with Gasteiger partial charge in [-0.15, -0.1) is 0 Å². The number of aryl methyl sites for hydroxylation is 1. The van der Waals surface area contributed by atoms with Crippen LogP contribution in [0.5, 0.6) is 0 Å². The third kappa shape index (κ3) is 4.00. The second kappa shape index (κ2) is 7.55. The van der Waals surface area contributed by atoms with Crippen LogP contribution < -0.4 is 5.32 Å². The number of alkyl halides is 3. The van der Waals surface area contributed by atoms with Crippen molar-refractivity contribution in [2.45, 2.75) is 31.5 Å². The van der Waals surface area contributed by atoms with Crippen molar-refractivity contribution in [1.82, 2.24) is 15.1 Å². The average Bonchev–Trinajstić information content (AvgIpc) is 3.14. The van der Waals surface area contributed by atoms with Gasteiger partial charge in [-0.1, -0.05) is 35.9 Å². The molecule has 0 saturated carbocycles. The van der Waals surface area contributed by atoms with Crippen LogP contribution in [0.2, 0.25) is 5.02 Å². The number of hydrogen-bond acceptors (Lipinski definition) is 2. The molecule has 150 valence electrons. The summed E-state index contributed by atoms with van der Waals surface area (Å²) < 4.78 is 42.1. The number of hydrogen-bond donors (Lipinski definition) is 1. The van der Waals surface area contributed by atoms with Crippen LogP contribution in [0.15, 0.2) is 54.7 Å². The Morgan fingerprint density at radius 2 is 1.79 bits per heavy atom. The molecule has 1 N–H and O–H groups in total. The number of carbonyl (C=O) groups excluding carboxylic acids is 1. The standard InChI is InChI=1S/C21H17ClF3N3O/c22-15-6-9-17(10-7-15)28-19(21(23,24)25)18(12-26-28)20(29)27-16-8-5-13-3-1-2-4-14(13)11-16/h1-4,6-7,9-10,12,16H,5,8,11H2,(H,27,29). The molecule has 0 saturated heterocycles. The number of nitrogens with zero attached hydrogens (tertiary/aromatic N) is 2. The summed E-state index contributed by atoms with van der Waals surface area (Å²) in [4.78, 5) is 12.7. The number of rotatable bonds is 3. The largest absolute Gasteiger partial charge is 0.434 e. The first-order valence-electron chi connectivity index (χ1n) is 9.12. The number of carbonyl (C=O) groups is 1. The van der Waals surface area contributed by atoms with Gasteiger partial charge < -0.3 is 5.32 Å². The normalized spacial score (nSPS) is 16.3. The van der Waals surface area contributed by atoms with Crippen LogP contribution in [0.1, 0.15) is 33.6 Å². The lowest BCUT2D eigenvalue weighted by Crippen LogP contribution is -2.39. The summed E-state index contributed by atoms with van der Waals surface area (Å²) in [5.41, 5.74) is 0.897. The van der Waals surface area contributed by atoms with Gasteiger partial charge in [0.25, 0.3) is 5.91 Å². The van der Waals surface area contributed by atoms with Crippen LogP contribution >= 0.6 is 11.6 Å². The zero-order valence-electron chi connectivity index (χ0n) is 15.2. The molecule has 1 heterocycles. The molecule has 0 bridgehead atoms. The summed E-state index contributed by atoms with van der Waals surface area (Å²) in [5, 5.41) is 6.97. The third-order valence-corrected chi connectivity index (χ3v) is 5.29. The molecule has 0 spiro atoms. The molecule has 0 aliphatic heterocycles. The summed E-state index contributed by atoms with van der Waals surface area (Å²) in [5.74, 6) is -0.776. The Morgan fingerprint density at radius 3 is 2.48 bits per heavy atom. The maximum Gasteiger partial charge on any atom is 0.434 e. The van der Waals surface area contributed by atoms with E-state index in [1.807, 2.05) is 24.3 Å². The summed E-state index contributed by atoms with van der Waals surface area (Å²) in [7, 11) is 0. The molecular formula is C21H17ClF3N3O. The van der Waals surface area contributed by atoms with Crippen molar-refractivity contribution in [2.24, 2.45) is 0 Å². The molecule has 2 aromatic carbocycles. The summed E-state index contributed by atoms with van der Waals surface area (Å²) in [6.45, 7) is 0. The molecule has 1 aliphatic carbocycles. The fraction of sp³-hybridized carbons (Fsp3) is 0.238. The molecule has 1 unspecified atom stereocenters. The van der Waals surface area contributed by atoms with Gasteiger partial charge in [-0.3, -0.25) is 4.79 Å². The van der Waals surface area contributed by atoms with E-state index in [4.69, 9.17) is 11.6 Å². The summed E-state index contributed by atoms with van der Waals surface area (Å²) in [6, 6.07) is 13.4. The number of amides is 1. The highest BCUT2D eigenvalue weighted by molar-refractivity contribution is 6.30. The van der Waals surface area contributed by atoms with Crippen molar-refractivity contribution >= 4 is 17.5 Å². The molecule has 0 fully saturated rings. The second-order valence-electron chi connectivity index (χ2n) is 6.97. The lowest BCUT2D eigenvalue weighted by atomic mass is 9.88. The molecule has 1 aromatic heterocycles. The lowest BCUT2D eigenvalue weighted by molar-refractivity contribution is -0.143. The van der Waals surface area contributed by atoms with Crippen LogP contribution in [-0.4, -0.2) is 21.7 Å². The Morgan fingerprint density at radius 1 is 1.10 bits per heavy atom. The van der Waals surface area contributed by atoms with Crippen molar-refractivity contribution in [3.8, 4) is 5.69 Å². The van der Waals surface area contributed by atoms with Gasteiger partial charge in [-0.05, 0) is 54.7 Å². The van der Waals surface area contributed by atoms with Crippen LogP contribution in [-0.2, 0) is 19.0 Å². The van der Waals surface area contributed by atoms with E-state index in [-0.39, 0.29) is 11.7 Å². The SMILES string of the molecule is O=C(NC1CCc2ccccc2C1)c1cnn(-c2ccc(Cl)cc2)c1C(F)(F)F. The van der Waals surface area contributed by atoms with Gasteiger partial charge in [0, 0.05) is 11.1 Å². The zero-order chi connectivity index (χ0) is 20.6. The van der Waals surface area contributed by atoms with Gasteiger partial charge in [0.2, 0.25) is 0 Å². The highest BCUT2D eigenvalue weighted by Crippen LogP contribution is 2.34. The molecule has 3 aromatic rings. The Hall–Kier alpha value is -2.80. The average molecular weight is 420 g/mol. The smallest absolute Gasteiger partial charge is 0.349 e. The summed E-state index contributed by atoms with van der Waals surface area (Å²) in [6.07, 6.45) is -1.74. The minimum Gasteiger partial charge on any atom is -0.349 e. The van der Waals surface area contributed by atoms with Gasteiger partial charge in [0.05, 0.1) is 17.4 Å². The Balaban J connectivity index is 1.61. The highest BCUT2D eigenvalue weighted by atomic mass is 35.5. The van der Waals surface area contributed by atoms with Crippen LogP contribution in [0, 0.1) is 0 Å². The molecular weight excluding hydrogens is 403 g/mol. The minimum atomic E-state index is -4.75. The maximum absolute atomic E-state index is 13.8. The molecule has 4 nitrogen and oxygen atoms in total. The molecule has 4 rings (SSSR count). The van der Waals surface area contributed by atoms with Crippen LogP contribution in [0.25, 0.3) is 5.69 Å². The zero-order valence-corrected chi connectivity index (χ0v) is 16.0. The van der Waals surface area contributed by atoms with Crippen LogP contribution in [0.4, 0.5) is 13.2 Å². The molecule has 29 heavy (non-hydrogen) atoms. The molecule has 1 amide bonds. The van der Waals surface area contributed by atoms with E-state index in [0.717, 1.165) is 22.9 Å². The monoisotopic (exact) mass is 419 g/mol. The van der Waals surface area contributed by atoms with Gasteiger partial charge in [0.1, 0.15) is 0 Å². The third-order valence-electron chi connectivity index (χ3n) is 5.04. The number of aromatic nitrogens is 2. The fourth-order valence-corrected chi connectivity index (χ4v) is 3.78. The second-order valence-corrected chi connectivity index (χ2v) is 7.41. The molecule has 1 aliphatic rings. The van der Waals surface area contributed by atoms with Crippen molar-refractivity contribution in [3.05, 3.63) is 82.1 Å². The van der Waals surface area contributed by atoms with Gasteiger partial charge in [-0.25, -0.2) is 4.68 Å². The van der Waals surface area contributed by atoms with Gasteiger partial charge >= 0.3 is 6.18 Å². The predicted octanol–water partition coefficient (Wildman–Crippen LogP) is 4.83. The highest BCUT2D eigenvalue weighted by Gasteiger charge is 2.41.